The first-order chi connectivity index (χ1) is 15.0. The Labute approximate surface area is 183 Å². The Morgan fingerprint density at radius 1 is 1.19 bits per heavy atom. The van der Waals surface area contributed by atoms with Crippen LogP contribution in [0.1, 0.15) is 36.8 Å². The summed E-state index contributed by atoms with van der Waals surface area (Å²) in [7, 11) is 1.45. The predicted octanol–water partition coefficient (Wildman–Crippen LogP) is 5.11. The zero-order valence-electron chi connectivity index (χ0n) is 17.7. The Kier molecular flexibility index (Phi) is 6.61. The van der Waals surface area contributed by atoms with Gasteiger partial charge in [-0.05, 0) is 50.3 Å². The number of aryl methyl sites for hydroxylation is 1. The zero-order valence-corrected chi connectivity index (χ0v) is 17.7. The minimum absolute atomic E-state index is 0.342. The van der Waals surface area contributed by atoms with Crippen LogP contribution >= 0.6 is 0 Å². The van der Waals surface area contributed by atoms with Gasteiger partial charge in [0.15, 0.2) is 0 Å². The van der Waals surface area contributed by atoms with E-state index in [1.165, 1.54) is 12.0 Å². The molecule has 2 N–H and O–H groups in total. The summed E-state index contributed by atoms with van der Waals surface area (Å²) in [6.07, 6.45) is -3.32. The number of nitrogens with zero attached hydrogens (tertiary/aromatic N) is 2. The smallest absolute Gasteiger partial charge is 0.418 e. The highest BCUT2D eigenvalue weighted by atomic mass is 19.4. The third-order valence-electron chi connectivity index (χ3n) is 5.89. The zero-order chi connectivity index (χ0) is 23.6. The molecular formula is C22H24F3N3O4. The van der Waals surface area contributed by atoms with Gasteiger partial charge in [0.25, 0.3) is 5.69 Å². The molecule has 32 heavy (non-hydrogen) atoms. The second-order valence-corrected chi connectivity index (χ2v) is 7.86. The van der Waals surface area contributed by atoms with Crippen LogP contribution in [0, 0.1) is 23.0 Å². The van der Waals surface area contributed by atoms with Crippen LogP contribution in [0.4, 0.5) is 30.2 Å². The molecule has 7 nitrogen and oxygen atoms in total. The molecule has 1 fully saturated rings. The number of ether oxygens (including phenoxy) is 1. The van der Waals surface area contributed by atoms with Crippen molar-refractivity contribution in [2.45, 2.75) is 44.8 Å². The van der Waals surface area contributed by atoms with Gasteiger partial charge in [-0.1, -0.05) is 12.1 Å². The van der Waals surface area contributed by atoms with Crippen LogP contribution in [0.3, 0.4) is 0 Å². The van der Waals surface area contributed by atoms with Crippen molar-refractivity contribution >= 4 is 23.0 Å². The molecule has 0 bridgehead atoms. The number of hydrogen-bond donors (Lipinski definition) is 1. The van der Waals surface area contributed by atoms with E-state index in [4.69, 9.17) is 10.5 Å². The van der Waals surface area contributed by atoms with Gasteiger partial charge in [0.05, 0.1) is 17.6 Å². The second-order valence-electron chi connectivity index (χ2n) is 7.86. The van der Waals surface area contributed by atoms with Crippen LogP contribution in [-0.4, -0.2) is 24.0 Å². The van der Waals surface area contributed by atoms with Gasteiger partial charge in [-0.3, -0.25) is 14.9 Å². The van der Waals surface area contributed by atoms with Crippen molar-refractivity contribution in [1.82, 2.24) is 0 Å². The summed E-state index contributed by atoms with van der Waals surface area (Å²) in [6, 6.07) is 7.33. The van der Waals surface area contributed by atoms with Gasteiger partial charge in [0.1, 0.15) is 11.4 Å². The number of alkyl halides is 3. The molecule has 0 spiro atoms. The van der Waals surface area contributed by atoms with Gasteiger partial charge >= 0.3 is 6.18 Å². The highest BCUT2D eigenvalue weighted by Gasteiger charge is 2.41. The molecule has 0 unspecified atom stereocenters. The second kappa shape index (κ2) is 9.05. The number of hydrogen-bond acceptors (Lipinski definition) is 5. The summed E-state index contributed by atoms with van der Waals surface area (Å²) in [6.45, 7) is 1.79. The van der Waals surface area contributed by atoms with Crippen LogP contribution in [0.25, 0.3) is 0 Å². The first-order valence-corrected chi connectivity index (χ1v) is 10.1. The first-order valence-electron chi connectivity index (χ1n) is 10.1. The lowest BCUT2D eigenvalue weighted by Gasteiger charge is -2.38. The number of carbonyl (C=O) groups excluding carboxylic acids is 1. The maximum absolute atomic E-state index is 14.0. The number of carbonyl (C=O) groups is 1. The van der Waals surface area contributed by atoms with E-state index in [-0.39, 0.29) is 5.92 Å². The summed E-state index contributed by atoms with van der Waals surface area (Å²) in [5.74, 6) is -0.368. The van der Waals surface area contributed by atoms with Crippen molar-refractivity contribution in [2.75, 3.05) is 12.0 Å². The van der Waals surface area contributed by atoms with E-state index in [0.717, 1.165) is 23.8 Å². The van der Waals surface area contributed by atoms with Gasteiger partial charge in [0, 0.05) is 29.8 Å². The number of primary amides is 1. The molecular weight excluding hydrogens is 427 g/mol. The Bertz CT molecular complexity index is 1020. The van der Waals surface area contributed by atoms with Gasteiger partial charge in [-0.15, -0.1) is 0 Å². The third-order valence-corrected chi connectivity index (χ3v) is 5.89. The van der Waals surface area contributed by atoms with E-state index >= 15 is 0 Å². The van der Waals surface area contributed by atoms with Crippen LogP contribution in [0.2, 0.25) is 0 Å². The molecule has 0 atom stereocenters. The van der Waals surface area contributed by atoms with Crippen LogP contribution in [0.15, 0.2) is 36.4 Å². The first kappa shape index (κ1) is 23.4. The Balaban J connectivity index is 2.23. The quantitative estimate of drug-likeness (QED) is 0.486. The number of rotatable bonds is 6. The van der Waals surface area contributed by atoms with Crippen molar-refractivity contribution in [2.24, 2.45) is 11.7 Å². The summed E-state index contributed by atoms with van der Waals surface area (Å²) in [5, 5.41) is 11.8. The van der Waals surface area contributed by atoms with Gasteiger partial charge in [-0.2, -0.15) is 13.2 Å². The number of nitro benzene ring substituents is 1. The summed E-state index contributed by atoms with van der Waals surface area (Å²) >= 11 is 0. The normalized spacial score (nSPS) is 18.8. The molecule has 0 heterocycles. The van der Waals surface area contributed by atoms with Crippen molar-refractivity contribution in [1.29, 1.82) is 0 Å². The molecule has 1 aliphatic rings. The minimum Gasteiger partial charge on any atom is -0.496 e. The van der Waals surface area contributed by atoms with E-state index < -0.39 is 40.0 Å². The fourth-order valence-electron chi connectivity index (χ4n) is 4.26. The van der Waals surface area contributed by atoms with Crippen molar-refractivity contribution < 1.29 is 27.6 Å². The maximum atomic E-state index is 14.0. The molecule has 0 saturated heterocycles. The molecule has 10 heteroatoms. The molecule has 1 aliphatic carbocycles. The highest BCUT2D eigenvalue weighted by Crippen LogP contribution is 2.47. The molecule has 2 aromatic carbocycles. The Morgan fingerprint density at radius 2 is 1.84 bits per heavy atom. The number of nitrogens with two attached hydrogens (primary N) is 1. The fraction of sp³-hybridized carbons (Fsp3) is 0.409. The summed E-state index contributed by atoms with van der Waals surface area (Å²) < 4.78 is 47.3. The molecule has 0 radical (unpaired) electrons. The number of methoxy groups -OCH3 is 1. The lowest BCUT2D eigenvalue weighted by Crippen LogP contribution is -2.38. The highest BCUT2D eigenvalue weighted by molar-refractivity contribution is 5.79. The van der Waals surface area contributed by atoms with Gasteiger partial charge in [0.2, 0.25) is 5.91 Å². The van der Waals surface area contributed by atoms with E-state index in [0.29, 0.717) is 37.1 Å². The predicted molar refractivity (Wildman–Crippen MR) is 113 cm³/mol. The number of halogens is 3. The maximum Gasteiger partial charge on any atom is 0.418 e. The van der Waals surface area contributed by atoms with E-state index in [2.05, 4.69) is 0 Å². The van der Waals surface area contributed by atoms with E-state index in [9.17, 15) is 28.1 Å². The molecule has 0 aromatic heterocycles. The van der Waals surface area contributed by atoms with Crippen LogP contribution < -0.4 is 15.4 Å². The number of anilines is 2. The van der Waals surface area contributed by atoms with Gasteiger partial charge < -0.3 is 15.4 Å². The molecule has 0 aliphatic heterocycles. The molecule has 172 valence electrons. The monoisotopic (exact) mass is 451 g/mol. The fourth-order valence-corrected chi connectivity index (χ4v) is 4.26. The van der Waals surface area contributed by atoms with Crippen molar-refractivity contribution in [3.05, 3.63) is 57.6 Å². The average Bonchev–Trinajstić information content (AvgIpc) is 2.74. The number of amides is 1. The lowest BCUT2D eigenvalue weighted by molar-refractivity contribution is -0.384. The van der Waals surface area contributed by atoms with Crippen LogP contribution in [-0.2, 0) is 11.0 Å². The number of nitro groups is 1. The average molecular weight is 451 g/mol. The molecule has 1 saturated carbocycles. The standard InChI is InChI=1S/C22H24F3N3O4/c1-13-6-9-16(12-19(13)32-2)27(15-10-7-14(8-11-15)21(26)29)20-17(22(23,24)25)4-3-5-18(20)28(30)31/h3-6,9,12,14-15H,7-8,10-11H2,1-2H3,(H2,26,29). The largest absolute Gasteiger partial charge is 0.496 e. The summed E-state index contributed by atoms with van der Waals surface area (Å²) in [5.41, 5.74) is 4.26. The van der Waals surface area contributed by atoms with Crippen molar-refractivity contribution in [3.63, 3.8) is 0 Å². The van der Waals surface area contributed by atoms with E-state index in [1.54, 1.807) is 25.1 Å². The minimum atomic E-state index is -4.81. The Hall–Kier alpha value is -3.30. The molecule has 3 rings (SSSR count). The number of para-hydroxylation sites is 1. The lowest BCUT2D eigenvalue weighted by atomic mass is 9.84. The molecule has 2 aromatic rings. The van der Waals surface area contributed by atoms with Crippen molar-refractivity contribution in [3.8, 4) is 5.75 Å². The van der Waals surface area contributed by atoms with E-state index in [1.807, 2.05) is 0 Å². The third kappa shape index (κ3) is 4.63. The number of benzene rings is 2. The van der Waals surface area contributed by atoms with Crippen LogP contribution in [0.5, 0.6) is 5.75 Å². The Morgan fingerprint density at radius 3 is 2.38 bits per heavy atom. The molecule has 1 amide bonds. The summed E-state index contributed by atoms with van der Waals surface area (Å²) in [4.78, 5) is 23.9. The SMILES string of the molecule is COc1cc(N(c2c([N+](=O)[O-])cccc2C(F)(F)F)C2CCC(C(N)=O)CC2)ccc1C. The van der Waals surface area contributed by atoms with Gasteiger partial charge in [-0.25, -0.2) is 0 Å². The topological polar surface area (TPSA) is 98.7 Å².